The quantitative estimate of drug-likeness (QED) is 0.0938. The van der Waals surface area contributed by atoms with E-state index in [-0.39, 0.29) is 16.5 Å². The minimum atomic E-state index is -4.75. The van der Waals surface area contributed by atoms with Gasteiger partial charge in [0.05, 0.1) is 10.4 Å². The second kappa shape index (κ2) is 13.4. The first-order chi connectivity index (χ1) is 20.2. The van der Waals surface area contributed by atoms with Crippen molar-refractivity contribution in [1.82, 2.24) is 0 Å². The average Bonchev–Trinajstić information content (AvgIpc) is 3.41. The van der Waals surface area contributed by atoms with Crippen molar-refractivity contribution in [3.63, 3.8) is 0 Å². The first kappa shape index (κ1) is 35.9. The molecule has 2 heterocycles. The van der Waals surface area contributed by atoms with Crippen molar-refractivity contribution in [2.75, 3.05) is 25.0 Å². The van der Waals surface area contributed by atoms with Gasteiger partial charge in [0, 0.05) is 47.4 Å². The van der Waals surface area contributed by atoms with Gasteiger partial charge in [-0.3, -0.25) is 13.9 Å². The van der Waals surface area contributed by atoms with E-state index in [1.165, 1.54) is 12.1 Å². The van der Waals surface area contributed by atoms with Gasteiger partial charge in [0.1, 0.15) is 22.7 Å². The van der Waals surface area contributed by atoms with E-state index in [0.717, 1.165) is 30.8 Å². The van der Waals surface area contributed by atoms with Crippen LogP contribution in [0.15, 0.2) is 45.2 Å². The molecule has 0 atom stereocenters. The summed E-state index contributed by atoms with van der Waals surface area (Å²) in [6.45, 7) is 13.8. The van der Waals surface area contributed by atoms with E-state index >= 15 is 0 Å². The van der Waals surface area contributed by atoms with Crippen LogP contribution in [0.25, 0.3) is 10.1 Å². The van der Waals surface area contributed by atoms with Gasteiger partial charge in [-0.15, -0.1) is 11.3 Å². The lowest BCUT2D eigenvalue weighted by Crippen LogP contribution is -2.29. The summed E-state index contributed by atoms with van der Waals surface area (Å²) in [6.07, 6.45) is 9.97. The van der Waals surface area contributed by atoms with Gasteiger partial charge in [-0.1, -0.05) is 60.5 Å². The summed E-state index contributed by atoms with van der Waals surface area (Å²) in [5.41, 5.74) is 2.27. The Labute approximate surface area is 265 Å². The van der Waals surface area contributed by atoms with Crippen LogP contribution in [-0.2, 0) is 30.4 Å². The van der Waals surface area contributed by atoms with E-state index < -0.39 is 40.7 Å². The molecule has 0 aliphatic carbocycles. The molecule has 2 aromatic rings. The molecule has 1 aliphatic heterocycles. The van der Waals surface area contributed by atoms with Crippen molar-refractivity contribution in [1.29, 1.82) is 0 Å². The molecule has 0 radical (unpaired) electrons. The van der Waals surface area contributed by atoms with Crippen molar-refractivity contribution >= 4 is 59.0 Å². The van der Waals surface area contributed by atoms with E-state index in [1.54, 1.807) is 0 Å². The van der Waals surface area contributed by atoms with E-state index in [2.05, 4.69) is 45.4 Å². The third-order valence-corrected chi connectivity index (χ3v) is 11.4. The Bertz CT molecular complexity index is 1720. The summed E-state index contributed by atoms with van der Waals surface area (Å²) in [4.78, 5) is 12.6. The van der Waals surface area contributed by atoms with Crippen LogP contribution in [0.3, 0.4) is 0 Å². The molecular formula is C31H45N2O8S3+. The number of hydrogen-bond acceptors (Lipinski definition) is 7. The van der Waals surface area contributed by atoms with E-state index in [9.17, 15) is 30.7 Å². The molecule has 0 bridgehead atoms. The molecule has 1 aromatic carbocycles. The molecule has 0 fully saturated rings. The second-order valence-electron chi connectivity index (χ2n) is 12.8. The van der Waals surface area contributed by atoms with Crippen LogP contribution in [0.4, 0.5) is 5.69 Å². The third-order valence-electron chi connectivity index (χ3n) is 7.93. The first-order valence-corrected chi connectivity index (χ1v) is 18.4. The molecule has 0 spiro atoms. The molecule has 13 heteroatoms. The van der Waals surface area contributed by atoms with Gasteiger partial charge in [0.2, 0.25) is 0 Å². The molecular weight excluding hydrogens is 625 g/mol. The molecule has 1 aliphatic rings. The Kier molecular flexibility index (Phi) is 10.9. The van der Waals surface area contributed by atoms with Crippen LogP contribution >= 0.6 is 11.3 Å². The molecule has 10 nitrogen and oxygen atoms in total. The highest BCUT2D eigenvalue weighted by atomic mass is 32.3. The standard InChI is InChI=1S/C31H44N2O8S3/c1-8-9-17-32(7)24(30(2,3)4)14-13-15-25-31(5,6)22-20-23(43(36,37)38)29-21(19-27(42-29)44(39,40)41)28(22)33(25)18-12-10-11-16-26(34)35/h13-15,19-20H,8-12,16-18H2,1-7H3,(H2-,34,35,36,37,38,39,40,41)/p+1. The fraction of sp³-hybridized carbons (Fsp3) is 0.548. The number of rotatable bonds is 13. The zero-order valence-electron chi connectivity index (χ0n) is 26.5. The molecule has 0 saturated carbocycles. The van der Waals surface area contributed by atoms with Gasteiger partial charge in [0.15, 0.2) is 5.71 Å². The fourth-order valence-electron chi connectivity index (χ4n) is 5.77. The lowest BCUT2D eigenvalue weighted by atomic mass is 9.83. The number of unbranched alkanes of at least 4 members (excludes halogenated alkanes) is 3. The Morgan fingerprint density at radius 2 is 1.70 bits per heavy atom. The van der Waals surface area contributed by atoms with Crippen LogP contribution in [-0.4, -0.2) is 67.4 Å². The Morgan fingerprint density at radius 1 is 1.05 bits per heavy atom. The van der Waals surface area contributed by atoms with E-state index in [1.807, 2.05) is 30.9 Å². The highest BCUT2D eigenvalue weighted by molar-refractivity contribution is 7.88. The second-order valence-corrected chi connectivity index (χ2v) is 16.9. The van der Waals surface area contributed by atoms with Gasteiger partial charge >= 0.3 is 16.1 Å². The fourth-order valence-corrected chi connectivity index (χ4v) is 8.56. The SMILES string of the molecule is CCCC[N+](C)=C(C=CC=C1N(CCCCCC(=O)O)c2c(cc(S(=O)(=O)O)c3sc(S(=O)(=O)O)cc23)C1(C)C)C(C)(C)C. The summed E-state index contributed by atoms with van der Waals surface area (Å²) < 4.78 is 71.0. The summed E-state index contributed by atoms with van der Waals surface area (Å²) in [5.74, 6) is -0.867. The van der Waals surface area contributed by atoms with Crippen molar-refractivity contribution < 1.29 is 40.4 Å². The lowest BCUT2D eigenvalue weighted by Gasteiger charge is -2.27. The number of carbonyl (C=O) groups is 1. The van der Waals surface area contributed by atoms with Gasteiger partial charge in [0.25, 0.3) is 10.1 Å². The summed E-state index contributed by atoms with van der Waals surface area (Å²) in [6, 6.07) is 2.65. The van der Waals surface area contributed by atoms with Gasteiger partial charge in [-0.2, -0.15) is 16.8 Å². The number of benzene rings is 1. The third kappa shape index (κ3) is 7.97. The molecule has 3 rings (SSSR count). The maximum atomic E-state index is 12.5. The highest BCUT2D eigenvalue weighted by Gasteiger charge is 2.43. The van der Waals surface area contributed by atoms with Gasteiger partial charge < -0.3 is 10.0 Å². The predicted molar refractivity (Wildman–Crippen MR) is 176 cm³/mol. The summed E-state index contributed by atoms with van der Waals surface area (Å²) in [7, 11) is -7.33. The van der Waals surface area contributed by atoms with Crippen LogP contribution in [0.2, 0.25) is 0 Å². The molecule has 0 unspecified atom stereocenters. The smallest absolute Gasteiger partial charge is 0.304 e. The largest absolute Gasteiger partial charge is 0.481 e. The molecule has 244 valence electrons. The van der Waals surface area contributed by atoms with Crippen molar-refractivity contribution in [3.8, 4) is 0 Å². The number of carboxylic acid groups (broad SMARTS) is 1. The van der Waals surface area contributed by atoms with Crippen molar-refractivity contribution in [2.24, 2.45) is 5.41 Å². The molecule has 0 saturated heterocycles. The predicted octanol–water partition coefficient (Wildman–Crippen LogP) is 6.51. The highest BCUT2D eigenvalue weighted by Crippen LogP contribution is 2.54. The van der Waals surface area contributed by atoms with Crippen molar-refractivity contribution in [3.05, 3.63) is 41.6 Å². The number of hydrogen-bond donors (Lipinski definition) is 3. The van der Waals surface area contributed by atoms with Crippen LogP contribution in [0, 0.1) is 5.41 Å². The Balaban J connectivity index is 2.26. The van der Waals surface area contributed by atoms with Crippen molar-refractivity contribution in [2.45, 2.75) is 94.6 Å². The van der Waals surface area contributed by atoms with Gasteiger partial charge in [-0.25, -0.2) is 4.58 Å². The number of aliphatic carboxylic acids is 1. The molecule has 44 heavy (non-hydrogen) atoms. The number of carboxylic acids is 1. The molecule has 1 aromatic heterocycles. The van der Waals surface area contributed by atoms with E-state index in [4.69, 9.17) is 5.11 Å². The number of allylic oxidation sites excluding steroid dienone is 4. The Hall–Kier alpha value is -2.58. The zero-order chi connectivity index (χ0) is 33.3. The number of anilines is 1. The van der Waals surface area contributed by atoms with Crippen LogP contribution in [0.5, 0.6) is 0 Å². The number of thiophene rings is 1. The number of fused-ring (bicyclic) bond motifs is 3. The van der Waals surface area contributed by atoms with Crippen LogP contribution in [0.1, 0.15) is 85.6 Å². The number of nitrogens with zero attached hydrogens (tertiary/aromatic N) is 2. The van der Waals surface area contributed by atoms with Crippen LogP contribution < -0.4 is 4.90 Å². The first-order valence-electron chi connectivity index (χ1n) is 14.7. The normalized spacial score (nSPS) is 17.1. The Morgan fingerprint density at radius 3 is 2.25 bits per heavy atom. The minimum Gasteiger partial charge on any atom is -0.481 e. The molecule has 3 N–H and O–H groups in total. The monoisotopic (exact) mass is 669 g/mol. The van der Waals surface area contributed by atoms with E-state index in [0.29, 0.717) is 53.8 Å². The average molecular weight is 670 g/mol. The maximum absolute atomic E-state index is 12.5. The molecule has 0 amide bonds. The topological polar surface area (TPSA) is 152 Å². The van der Waals surface area contributed by atoms with Gasteiger partial charge in [-0.05, 0) is 36.6 Å². The maximum Gasteiger partial charge on any atom is 0.304 e. The summed E-state index contributed by atoms with van der Waals surface area (Å²) >= 11 is 0.585. The lowest BCUT2D eigenvalue weighted by molar-refractivity contribution is -0.500. The summed E-state index contributed by atoms with van der Waals surface area (Å²) in [5, 5.41) is 9.35. The minimum absolute atomic E-state index is 0.0308. The zero-order valence-corrected chi connectivity index (χ0v) is 29.0.